The van der Waals surface area contributed by atoms with E-state index in [2.05, 4.69) is 4.98 Å². The molecule has 0 aliphatic carbocycles. The van der Waals surface area contributed by atoms with E-state index in [1.165, 1.54) is 0 Å². The molecule has 0 radical (unpaired) electrons. The van der Waals surface area contributed by atoms with Crippen molar-refractivity contribution in [3.63, 3.8) is 0 Å². The van der Waals surface area contributed by atoms with Crippen LogP contribution in [0.15, 0.2) is 5.03 Å². The Morgan fingerprint density at radius 3 is 2.33 bits per heavy atom. The Morgan fingerprint density at radius 2 is 1.86 bits per heavy atom. The van der Waals surface area contributed by atoms with E-state index in [0.29, 0.717) is 0 Å². The number of anilines is 1. The molecule has 21 heavy (non-hydrogen) atoms. The lowest BCUT2D eigenvalue weighted by Crippen LogP contribution is -2.20. The molecule has 0 saturated heterocycles. The highest BCUT2D eigenvalue weighted by Gasteiger charge is 2.28. The van der Waals surface area contributed by atoms with E-state index in [0.717, 1.165) is 11.8 Å². The monoisotopic (exact) mass is 309 g/mol. The average Bonchev–Trinajstić information content (AvgIpc) is 2.46. The normalized spacial score (nSPS) is 9.81. The zero-order valence-corrected chi connectivity index (χ0v) is 12.7. The van der Waals surface area contributed by atoms with Gasteiger partial charge in [-0.2, -0.15) is 5.26 Å². The fourth-order valence-corrected chi connectivity index (χ4v) is 2.14. The largest absolute Gasteiger partial charge is 0.462 e. The van der Waals surface area contributed by atoms with Crippen molar-refractivity contribution in [2.45, 2.75) is 18.9 Å². The standard InChI is InChI=1S/C13H15N3O4S/c1-4-19-12(17)8-9(15)7(6-14)11(21-3)16-10(8)13(18)20-5-2/h4-5H2,1-3H3,(H2,15,16). The molecule has 0 aliphatic rings. The molecule has 2 N–H and O–H groups in total. The highest BCUT2D eigenvalue weighted by Crippen LogP contribution is 2.29. The average molecular weight is 309 g/mol. The molecule has 0 unspecified atom stereocenters. The first-order valence-electron chi connectivity index (χ1n) is 6.13. The molecule has 0 fully saturated rings. The molecule has 0 atom stereocenters. The number of ether oxygens (including phenoxy) is 2. The second-order valence-corrected chi connectivity index (χ2v) is 4.48. The lowest BCUT2D eigenvalue weighted by molar-refractivity contribution is 0.0473. The number of carbonyl (C=O) groups excluding carboxylic acids is 2. The first-order chi connectivity index (χ1) is 10.0. The Bertz CT molecular complexity index is 610. The van der Waals surface area contributed by atoms with E-state index in [1.807, 2.05) is 6.07 Å². The van der Waals surface area contributed by atoms with Crippen LogP contribution in [-0.2, 0) is 9.47 Å². The number of thioether (sulfide) groups is 1. The minimum absolute atomic E-state index is 0.0404. The summed E-state index contributed by atoms with van der Waals surface area (Å²) in [6, 6.07) is 1.88. The fourth-order valence-electron chi connectivity index (χ4n) is 1.59. The Kier molecular flexibility index (Phi) is 5.99. The van der Waals surface area contributed by atoms with Crippen molar-refractivity contribution in [3.05, 3.63) is 16.8 Å². The molecule has 0 aliphatic heterocycles. The number of nitrogens with zero attached hydrogens (tertiary/aromatic N) is 2. The van der Waals surface area contributed by atoms with E-state index in [1.54, 1.807) is 20.1 Å². The number of hydrogen-bond donors (Lipinski definition) is 1. The van der Waals surface area contributed by atoms with Gasteiger partial charge in [0.15, 0.2) is 5.69 Å². The molecule has 0 spiro atoms. The number of rotatable bonds is 5. The third-order valence-corrected chi connectivity index (χ3v) is 3.14. The van der Waals surface area contributed by atoms with Gasteiger partial charge in [0.05, 0.1) is 18.9 Å². The summed E-state index contributed by atoms with van der Waals surface area (Å²) < 4.78 is 9.74. The predicted molar refractivity (Wildman–Crippen MR) is 77.1 cm³/mol. The fraction of sp³-hybridized carbons (Fsp3) is 0.385. The molecule has 0 saturated carbocycles. The highest BCUT2D eigenvalue weighted by molar-refractivity contribution is 7.98. The number of nitriles is 1. The molecule has 7 nitrogen and oxygen atoms in total. The molecule has 0 aromatic carbocycles. The molecular formula is C13H15N3O4S. The van der Waals surface area contributed by atoms with E-state index in [9.17, 15) is 9.59 Å². The van der Waals surface area contributed by atoms with E-state index in [4.69, 9.17) is 20.5 Å². The van der Waals surface area contributed by atoms with Gasteiger partial charge in [0.25, 0.3) is 0 Å². The van der Waals surface area contributed by atoms with Crippen molar-refractivity contribution in [1.82, 2.24) is 4.98 Å². The van der Waals surface area contributed by atoms with Crippen LogP contribution in [0.1, 0.15) is 40.3 Å². The van der Waals surface area contributed by atoms with Crippen molar-refractivity contribution in [1.29, 1.82) is 5.26 Å². The quantitative estimate of drug-likeness (QED) is 0.644. The maximum atomic E-state index is 12.0. The smallest absolute Gasteiger partial charge is 0.357 e. The lowest BCUT2D eigenvalue weighted by atomic mass is 10.1. The molecule has 1 rings (SSSR count). The van der Waals surface area contributed by atoms with Gasteiger partial charge in [-0.25, -0.2) is 14.6 Å². The maximum Gasteiger partial charge on any atom is 0.357 e. The second-order valence-electron chi connectivity index (χ2n) is 3.69. The Hall–Kier alpha value is -2.27. The van der Waals surface area contributed by atoms with Crippen LogP contribution in [0.3, 0.4) is 0 Å². The molecule has 112 valence electrons. The summed E-state index contributed by atoms with van der Waals surface area (Å²) in [4.78, 5) is 28.0. The minimum atomic E-state index is -0.810. The third kappa shape index (κ3) is 3.44. The van der Waals surface area contributed by atoms with Crippen molar-refractivity contribution in [3.8, 4) is 6.07 Å². The summed E-state index contributed by atoms with van der Waals surface area (Å²) >= 11 is 1.14. The van der Waals surface area contributed by atoms with Gasteiger partial charge in [0.1, 0.15) is 22.2 Å². The number of nitrogen functional groups attached to an aromatic ring is 1. The SMILES string of the molecule is CCOC(=O)c1nc(SC)c(C#N)c(N)c1C(=O)OCC. The van der Waals surface area contributed by atoms with Crippen molar-refractivity contribution >= 4 is 29.4 Å². The summed E-state index contributed by atoms with van der Waals surface area (Å²) in [7, 11) is 0. The van der Waals surface area contributed by atoms with Crippen LogP contribution in [0.5, 0.6) is 0 Å². The van der Waals surface area contributed by atoms with Crippen LogP contribution in [0.4, 0.5) is 5.69 Å². The molecule has 1 aromatic rings. The minimum Gasteiger partial charge on any atom is -0.462 e. The lowest BCUT2D eigenvalue weighted by Gasteiger charge is -2.13. The molecule has 1 heterocycles. The van der Waals surface area contributed by atoms with Crippen molar-refractivity contribution in [2.75, 3.05) is 25.2 Å². The van der Waals surface area contributed by atoms with Crippen LogP contribution in [0.25, 0.3) is 0 Å². The maximum absolute atomic E-state index is 12.0. The highest BCUT2D eigenvalue weighted by atomic mass is 32.2. The van der Waals surface area contributed by atoms with Gasteiger partial charge in [-0.15, -0.1) is 11.8 Å². The summed E-state index contributed by atoms with van der Waals surface area (Å²) in [6.07, 6.45) is 1.68. The van der Waals surface area contributed by atoms with Crippen LogP contribution < -0.4 is 5.73 Å². The van der Waals surface area contributed by atoms with Crippen LogP contribution in [-0.4, -0.2) is 36.4 Å². The number of aromatic nitrogens is 1. The van der Waals surface area contributed by atoms with E-state index < -0.39 is 11.9 Å². The topological polar surface area (TPSA) is 115 Å². The molecule has 0 amide bonds. The number of pyridine rings is 1. The van der Waals surface area contributed by atoms with Gasteiger partial charge >= 0.3 is 11.9 Å². The van der Waals surface area contributed by atoms with Crippen molar-refractivity contribution < 1.29 is 19.1 Å². The predicted octanol–water partition coefficient (Wildman–Crippen LogP) is 1.61. The van der Waals surface area contributed by atoms with Gasteiger partial charge in [-0.1, -0.05) is 0 Å². The zero-order chi connectivity index (χ0) is 16.0. The van der Waals surface area contributed by atoms with Gasteiger partial charge in [0.2, 0.25) is 0 Å². The first kappa shape index (κ1) is 16.8. The van der Waals surface area contributed by atoms with Crippen LogP contribution in [0, 0.1) is 11.3 Å². The number of esters is 2. The van der Waals surface area contributed by atoms with E-state index >= 15 is 0 Å². The first-order valence-corrected chi connectivity index (χ1v) is 7.35. The summed E-state index contributed by atoms with van der Waals surface area (Å²) in [5, 5.41) is 9.40. The molecule has 8 heteroatoms. The number of nitrogens with two attached hydrogens (primary N) is 1. The second kappa shape index (κ2) is 7.50. The van der Waals surface area contributed by atoms with Crippen LogP contribution >= 0.6 is 11.8 Å². The van der Waals surface area contributed by atoms with Gasteiger partial charge in [-0.05, 0) is 20.1 Å². The van der Waals surface area contributed by atoms with Crippen molar-refractivity contribution in [2.24, 2.45) is 0 Å². The Morgan fingerprint density at radius 1 is 1.29 bits per heavy atom. The molecule has 1 aromatic heterocycles. The summed E-state index contributed by atoms with van der Waals surface area (Å²) in [5.41, 5.74) is 5.29. The Labute approximate surface area is 126 Å². The van der Waals surface area contributed by atoms with E-state index in [-0.39, 0.29) is 40.7 Å². The summed E-state index contributed by atoms with van der Waals surface area (Å²) in [6.45, 7) is 3.47. The third-order valence-electron chi connectivity index (χ3n) is 2.46. The molecule has 0 bridgehead atoms. The Balaban J connectivity index is 3.59. The molecular weight excluding hydrogens is 294 g/mol. The zero-order valence-electron chi connectivity index (χ0n) is 11.9. The van der Waals surface area contributed by atoms with Gasteiger partial charge in [0, 0.05) is 0 Å². The van der Waals surface area contributed by atoms with Gasteiger partial charge in [-0.3, -0.25) is 0 Å². The van der Waals surface area contributed by atoms with Crippen LogP contribution in [0.2, 0.25) is 0 Å². The number of hydrogen-bond acceptors (Lipinski definition) is 8. The van der Waals surface area contributed by atoms with Gasteiger partial charge < -0.3 is 15.2 Å². The summed E-state index contributed by atoms with van der Waals surface area (Å²) in [5.74, 6) is -1.60. The number of carbonyl (C=O) groups is 2.